The van der Waals surface area contributed by atoms with Crippen LogP contribution in [0.4, 0.5) is 4.79 Å². The third-order valence-electron chi connectivity index (χ3n) is 6.79. The Bertz CT molecular complexity index is 1510. The van der Waals surface area contributed by atoms with Crippen LogP contribution in [0.5, 0.6) is 0 Å². The fourth-order valence-corrected chi connectivity index (χ4v) is 4.64. The largest absolute Gasteiger partial charge is 0.444 e. The molecule has 43 heavy (non-hydrogen) atoms. The number of hydrogen-bond donors (Lipinski definition) is 4. The Labute approximate surface area is 252 Å². The zero-order valence-electron chi connectivity index (χ0n) is 24.9. The minimum Gasteiger partial charge on any atom is -0.444 e. The van der Waals surface area contributed by atoms with Crippen molar-refractivity contribution in [3.8, 4) is 0 Å². The summed E-state index contributed by atoms with van der Waals surface area (Å²) in [7, 11) is 0. The molecular weight excluding hydrogens is 544 g/mol. The summed E-state index contributed by atoms with van der Waals surface area (Å²) in [6, 6.07) is 20.2. The Morgan fingerprint density at radius 2 is 1.74 bits per heavy atom. The number of fused-ring (bicyclic) bond motifs is 1. The molecule has 0 aliphatic rings. The van der Waals surface area contributed by atoms with Crippen LogP contribution in [0.1, 0.15) is 60.9 Å². The molecule has 1 aromatic heterocycles. The number of amides is 3. The molecule has 1 atom stereocenters. The van der Waals surface area contributed by atoms with Crippen molar-refractivity contribution in [3.05, 3.63) is 102 Å². The van der Waals surface area contributed by atoms with Crippen LogP contribution < -0.4 is 16.4 Å². The van der Waals surface area contributed by atoms with Gasteiger partial charge in [-0.3, -0.25) is 14.5 Å². The molecule has 4 aromatic rings. The van der Waals surface area contributed by atoms with Gasteiger partial charge in [0.2, 0.25) is 5.91 Å². The second kappa shape index (κ2) is 14.5. The molecule has 0 aliphatic heterocycles. The Morgan fingerprint density at radius 3 is 2.44 bits per heavy atom. The number of nitrogens with two attached hydrogens (primary N) is 1. The van der Waals surface area contributed by atoms with Crippen molar-refractivity contribution < 1.29 is 19.1 Å². The molecule has 0 saturated carbocycles. The summed E-state index contributed by atoms with van der Waals surface area (Å²) >= 11 is 0. The third kappa shape index (κ3) is 9.14. The summed E-state index contributed by atoms with van der Waals surface area (Å²) in [6.45, 7) is 6.68. The van der Waals surface area contributed by atoms with Crippen LogP contribution in [-0.2, 0) is 29.2 Å². The van der Waals surface area contributed by atoms with Gasteiger partial charge in [0.15, 0.2) is 0 Å². The van der Waals surface area contributed by atoms with Crippen LogP contribution in [-0.4, -0.2) is 51.0 Å². The normalized spacial score (nSPS) is 12.0. The Kier molecular flexibility index (Phi) is 10.5. The highest BCUT2D eigenvalue weighted by Gasteiger charge is 2.24. The van der Waals surface area contributed by atoms with Gasteiger partial charge in [-0.25, -0.2) is 9.78 Å². The van der Waals surface area contributed by atoms with Crippen LogP contribution in [0.3, 0.4) is 0 Å². The Balaban J connectivity index is 1.40. The lowest BCUT2D eigenvalue weighted by molar-refractivity contribution is -0.123. The van der Waals surface area contributed by atoms with Gasteiger partial charge in [-0.2, -0.15) is 0 Å². The highest BCUT2D eigenvalue weighted by Crippen LogP contribution is 2.19. The van der Waals surface area contributed by atoms with E-state index < -0.39 is 17.7 Å². The number of nitrogens with zero attached hydrogens (tertiary/aromatic N) is 2. The first-order valence-corrected chi connectivity index (χ1v) is 14.4. The summed E-state index contributed by atoms with van der Waals surface area (Å²) in [4.78, 5) is 48.0. The standard InChI is InChI=1S/C33H40N6O4/c1-33(2,3)43-32(42)39(22-29-35-18-19-36-29)21-23-13-15-25(16-14-23)30(40)38-28(12-7-17-34)31(41)37-20-26-10-6-9-24-8-4-5-11-27(24)26/h4-6,8-11,13-16,18-19,28H,7,12,17,20-22,34H2,1-3H3,(H,35,36)(H,37,41)(H,38,40)/t28-/m0/s1. The number of imidazole rings is 1. The van der Waals surface area contributed by atoms with Crippen molar-refractivity contribution in [2.75, 3.05) is 6.54 Å². The fourth-order valence-electron chi connectivity index (χ4n) is 4.64. The van der Waals surface area contributed by atoms with Crippen molar-refractivity contribution in [1.29, 1.82) is 0 Å². The maximum absolute atomic E-state index is 13.2. The van der Waals surface area contributed by atoms with Gasteiger partial charge in [-0.05, 0) is 74.2 Å². The lowest BCUT2D eigenvalue weighted by Gasteiger charge is -2.27. The topological polar surface area (TPSA) is 142 Å². The van der Waals surface area contributed by atoms with E-state index in [1.807, 2.05) is 63.2 Å². The lowest BCUT2D eigenvalue weighted by atomic mass is 10.0. The van der Waals surface area contributed by atoms with E-state index in [0.29, 0.717) is 37.3 Å². The summed E-state index contributed by atoms with van der Waals surface area (Å²) in [5, 5.41) is 8.02. The number of benzene rings is 3. The molecule has 0 fully saturated rings. The number of ether oxygens (including phenoxy) is 1. The average molecular weight is 585 g/mol. The molecule has 0 radical (unpaired) electrons. The minimum absolute atomic E-state index is 0.237. The second-order valence-corrected chi connectivity index (χ2v) is 11.4. The number of hydrogen-bond acceptors (Lipinski definition) is 6. The van der Waals surface area contributed by atoms with Gasteiger partial charge < -0.3 is 26.1 Å². The van der Waals surface area contributed by atoms with Gasteiger partial charge in [-0.15, -0.1) is 0 Å². The van der Waals surface area contributed by atoms with Gasteiger partial charge in [0.05, 0.1) is 6.54 Å². The van der Waals surface area contributed by atoms with E-state index in [1.165, 1.54) is 0 Å². The van der Waals surface area contributed by atoms with Crippen LogP contribution in [0, 0.1) is 0 Å². The van der Waals surface area contributed by atoms with E-state index in [-0.39, 0.29) is 24.9 Å². The molecule has 10 heteroatoms. The zero-order valence-corrected chi connectivity index (χ0v) is 24.9. The molecule has 0 spiro atoms. The molecule has 0 unspecified atom stereocenters. The predicted octanol–water partition coefficient (Wildman–Crippen LogP) is 4.65. The molecule has 0 aliphatic carbocycles. The first-order valence-electron chi connectivity index (χ1n) is 14.4. The van der Waals surface area contributed by atoms with Gasteiger partial charge in [0.25, 0.3) is 5.91 Å². The number of H-pyrrole nitrogens is 1. The summed E-state index contributed by atoms with van der Waals surface area (Å²) < 4.78 is 5.58. The highest BCUT2D eigenvalue weighted by molar-refractivity contribution is 5.97. The number of aromatic amines is 1. The van der Waals surface area contributed by atoms with Crippen molar-refractivity contribution >= 4 is 28.7 Å². The minimum atomic E-state index is -0.735. The van der Waals surface area contributed by atoms with Crippen LogP contribution >= 0.6 is 0 Å². The summed E-state index contributed by atoms with van der Waals surface area (Å²) in [5.74, 6) is -0.00476. The van der Waals surface area contributed by atoms with Crippen molar-refractivity contribution in [1.82, 2.24) is 25.5 Å². The monoisotopic (exact) mass is 584 g/mol. The van der Waals surface area contributed by atoms with E-state index >= 15 is 0 Å². The van der Waals surface area contributed by atoms with Crippen molar-refractivity contribution in [2.45, 2.75) is 64.9 Å². The number of rotatable bonds is 12. The van der Waals surface area contributed by atoms with E-state index in [2.05, 4.69) is 20.6 Å². The Hall–Kier alpha value is -4.70. The van der Waals surface area contributed by atoms with Crippen molar-refractivity contribution in [3.63, 3.8) is 0 Å². The first kappa shape index (κ1) is 31.2. The number of aromatic nitrogens is 2. The van der Waals surface area contributed by atoms with Gasteiger partial charge in [0.1, 0.15) is 17.5 Å². The van der Waals surface area contributed by atoms with E-state index in [1.54, 1.807) is 41.6 Å². The molecule has 0 saturated heterocycles. The molecule has 0 bridgehead atoms. The molecule has 3 aromatic carbocycles. The first-order chi connectivity index (χ1) is 20.6. The molecule has 4 rings (SSSR count). The quantitative estimate of drug-likeness (QED) is 0.191. The molecule has 10 nitrogen and oxygen atoms in total. The molecular formula is C33H40N6O4. The van der Waals surface area contributed by atoms with Gasteiger partial charge in [-0.1, -0.05) is 54.6 Å². The maximum atomic E-state index is 13.2. The molecule has 1 heterocycles. The lowest BCUT2D eigenvalue weighted by Crippen LogP contribution is -2.46. The van der Waals surface area contributed by atoms with Gasteiger partial charge in [0, 0.05) is 31.0 Å². The zero-order chi connectivity index (χ0) is 30.8. The highest BCUT2D eigenvalue weighted by atomic mass is 16.6. The predicted molar refractivity (Wildman–Crippen MR) is 166 cm³/mol. The second-order valence-electron chi connectivity index (χ2n) is 11.4. The summed E-state index contributed by atoms with van der Waals surface area (Å²) in [5.41, 5.74) is 7.27. The number of carbonyl (C=O) groups excluding carboxylic acids is 3. The van der Waals surface area contributed by atoms with Gasteiger partial charge >= 0.3 is 6.09 Å². The molecule has 5 N–H and O–H groups in total. The van der Waals surface area contributed by atoms with Crippen molar-refractivity contribution in [2.24, 2.45) is 5.73 Å². The number of nitrogens with one attached hydrogen (secondary N) is 3. The Morgan fingerprint density at radius 1 is 1.00 bits per heavy atom. The van der Waals surface area contributed by atoms with E-state index in [9.17, 15) is 14.4 Å². The van der Waals surface area contributed by atoms with E-state index in [0.717, 1.165) is 21.9 Å². The smallest absolute Gasteiger partial charge is 0.410 e. The molecule has 3 amide bonds. The van der Waals surface area contributed by atoms with Crippen LogP contribution in [0.2, 0.25) is 0 Å². The average Bonchev–Trinajstić information content (AvgIpc) is 3.50. The SMILES string of the molecule is CC(C)(C)OC(=O)N(Cc1ccc(C(=O)N[C@@H](CCCN)C(=O)NCc2cccc3ccccc23)cc1)Cc1ncc[nH]1. The summed E-state index contributed by atoms with van der Waals surface area (Å²) in [6.07, 6.45) is 3.85. The third-order valence-corrected chi connectivity index (χ3v) is 6.79. The maximum Gasteiger partial charge on any atom is 0.410 e. The molecule has 226 valence electrons. The van der Waals surface area contributed by atoms with Crippen LogP contribution in [0.15, 0.2) is 79.1 Å². The van der Waals surface area contributed by atoms with Crippen LogP contribution in [0.25, 0.3) is 10.8 Å². The number of carbonyl (C=O) groups is 3. The fraction of sp³-hybridized carbons (Fsp3) is 0.333. The van der Waals surface area contributed by atoms with E-state index in [4.69, 9.17) is 10.5 Å².